The summed E-state index contributed by atoms with van der Waals surface area (Å²) >= 11 is 0. The molecule has 164 valence electrons. The van der Waals surface area contributed by atoms with E-state index in [4.69, 9.17) is 0 Å². The number of amides is 3. The molecule has 2 aliphatic heterocycles. The van der Waals surface area contributed by atoms with E-state index < -0.39 is 35.4 Å². The van der Waals surface area contributed by atoms with Crippen molar-refractivity contribution in [1.82, 2.24) is 14.7 Å². The lowest BCUT2D eigenvalue weighted by Gasteiger charge is -2.35. The zero-order valence-corrected chi connectivity index (χ0v) is 16.3. The summed E-state index contributed by atoms with van der Waals surface area (Å²) in [7, 11) is 0. The van der Waals surface area contributed by atoms with Crippen molar-refractivity contribution in [1.29, 1.82) is 0 Å². The van der Waals surface area contributed by atoms with Gasteiger partial charge in [-0.05, 0) is 6.92 Å². The number of aliphatic carboxylic acids is 1. The lowest BCUT2D eigenvalue weighted by atomic mass is 10.1. The molecule has 12 heteroatoms. The molecule has 2 atom stereocenters. The number of hydrogen-bond donors (Lipinski definition) is 2. The zero-order valence-electron chi connectivity index (χ0n) is 16.3. The highest BCUT2D eigenvalue weighted by molar-refractivity contribution is 5.99. The SMILES string of the molecule is C[C@H]1Cn2ncc(N3CC(C(=O)O)CC3=O)c2CN1C(=O)Nc1cc(F)c(F)c(F)c1. The fourth-order valence-electron chi connectivity index (χ4n) is 3.81. The molecule has 9 nitrogen and oxygen atoms in total. The van der Waals surface area contributed by atoms with Crippen molar-refractivity contribution in [3.8, 4) is 0 Å². The van der Waals surface area contributed by atoms with Crippen LogP contribution in [0, 0.1) is 23.4 Å². The second-order valence-corrected chi connectivity index (χ2v) is 7.56. The summed E-state index contributed by atoms with van der Waals surface area (Å²) < 4.78 is 41.7. The van der Waals surface area contributed by atoms with Crippen LogP contribution in [0.1, 0.15) is 19.0 Å². The highest BCUT2D eigenvalue weighted by atomic mass is 19.2. The summed E-state index contributed by atoms with van der Waals surface area (Å²) in [5.41, 5.74) is 0.702. The number of carboxylic acids is 1. The Morgan fingerprint density at radius 1 is 1.19 bits per heavy atom. The zero-order chi connectivity index (χ0) is 22.4. The minimum atomic E-state index is -1.63. The number of halogens is 3. The number of nitrogens with zero attached hydrogens (tertiary/aromatic N) is 4. The van der Waals surface area contributed by atoms with Crippen LogP contribution >= 0.6 is 0 Å². The van der Waals surface area contributed by atoms with E-state index in [-0.39, 0.29) is 37.1 Å². The third kappa shape index (κ3) is 3.68. The number of carbonyl (C=O) groups excluding carboxylic acids is 2. The summed E-state index contributed by atoms with van der Waals surface area (Å²) in [5.74, 6) is -6.73. The average molecular weight is 437 g/mol. The number of fused-ring (bicyclic) bond motifs is 1. The van der Waals surface area contributed by atoms with Gasteiger partial charge in [-0.15, -0.1) is 0 Å². The van der Waals surface area contributed by atoms with Gasteiger partial charge in [0.15, 0.2) is 17.5 Å². The molecule has 3 heterocycles. The van der Waals surface area contributed by atoms with Crippen LogP contribution < -0.4 is 10.2 Å². The van der Waals surface area contributed by atoms with Crippen LogP contribution in [-0.4, -0.2) is 50.3 Å². The van der Waals surface area contributed by atoms with E-state index in [9.17, 15) is 32.7 Å². The Morgan fingerprint density at radius 2 is 1.87 bits per heavy atom. The summed E-state index contributed by atoms with van der Waals surface area (Å²) in [6, 6.07) is 0.328. The van der Waals surface area contributed by atoms with E-state index in [0.717, 1.165) is 0 Å². The summed E-state index contributed by atoms with van der Waals surface area (Å²) in [6.07, 6.45) is 1.33. The second-order valence-electron chi connectivity index (χ2n) is 7.56. The fourth-order valence-corrected chi connectivity index (χ4v) is 3.81. The third-order valence-electron chi connectivity index (χ3n) is 5.48. The maximum absolute atomic E-state index is 13.4. The topological polar surface area (TPSA) is 108 Å². The van der Waals surface area contributed by atoms with E-state index in [0.29, 0.717) is 30.1 Å². The van der Waals surface area contributed by atoms with Crippen molar-refractivity contribution in [2.45, 2.75) is 32.5 Å². The second kappa shape index (κ2) is 7.60. The van der Waals surface area contributed by atoms with E-state index in [1.54, 1.807) is 11.6 Å². The first-order chi connectivity index (χ1) is 14.7. The molecule has 0 radical (unpaired) electrons. The number of urea groups is 1. The Bertz CT molecular complexity index is 1070. The Balaban J connectivity index is 1.55. The number of nitrogens with one attached hydrogen (secondary N) is 1. The van der Waals surface area contributed by atoms with Gasteiger partial charge in [0.2, 0.25) is 5.91 Å². The molecule has 2 aliphatic rings. The van der Waals surface area contributed by atoms with Crippen molar-refractivity contribution in [3.05, 3.63) is 41.5 Å². The van der Waals surface area contributed by atoms with Gasteiger partial charge in [-0.3, -0.25) is 14.3 Å². The van der Waals surface area contributed by atoms with Crippen LogP contribution in [0.3, 0.4) is 0 Å². The summed E-state index contributed by atoms with van der Waals surface area (Å²) in [6.45, 7) is 2.06. The Morgan fingerprint density at radius 3 is 2.48 bits per heavy atom. The van der Waals surface area contributed by atoms with Crippen molar-refractivity contribution in [2.75, 3.05) is 16.8 Å². The number of carbonyl (C=O) groups is 3. The molecule has 0 saturated carbocycles. The molecule has 2 N–H and O–H groups in total. The Kier molecular flexibility index (Phi) is 5.07. The lowest BCUT2D eigenvalue weighted by Crippen LogP contribution is -2.47. The predicted octanol–water partition coefficient (Wildman–Crippen LogP) is 2.17. The molecule has 1 saturated heterocycles. The number of carboxylic acid groups (broad SMARTS) is 1. The predicted molar refractivity (Wildman–Crippen MR) is 101 cm³/mol. The maximum atomic E-state index is 13.4. The number of aromatic nitrogens is 2. The number of benzene rings is 1. The quantitative estimate of drug-likeness (QED) is 0.716. The molecule has 1 unspecified atom stereocenters. The molecular formula is C19H18F3N5O4. The first kappa shape index (κ1) is 20.7. The molecule has 1 fully saturated rings. The van der Waals surface area contributed by atoms with Gasteiger partial charge in [0.1, 0.15) is 0 Å². The lowest BCUT2D eigenvalue weighted by molar-refractivity contribution is -0.141. The van der Waals surface area contributed by atoms with Gasteiger partial charge in [-0.2, -0.15) is 5.10 Å². The van der Waals surface area contributed by atoms with Crippen molar-refractivity contribution in [3.63, 3.8) is 0 Å². The van der Waals surface area contributed by atoms with E-state index in [2.05, 4.69) is 10.4 Å². The van der Waals surface area contributed by atoms with Crippen LogP contribution in [0.2, 0.25) is 0 Å². The smallest absolute Gasteiger partial charge is 0.322 e. The molecule has 0 spiro atoms. The molecule has 0 aliphatic carbocycles. The van der Waals surface area contributed by atoms with Gasteiger partial charge in [-0.1, -0.05) is 0 Å². The van der Waals surface area contributed by atoms with Crippen molar-refractivity contribution < 1.29 is 32.7 Å². The third-order valence-corrected chi connectivity index (χ3v) is 5.48. The van der Waals surface area contributed by atoms with Gasteiger partial charge >= 0.3 is 12.0 Å². The molecular weight excluding hydrogens is 419 g/mol. The highest BCUT2D eigenvalue weighted by Crippen LogP contribution is 2.32. The van der Waals surface area contributed by atoms with Gasteiger partial charge in [0.25, 0.3) is 0 Å². The van der Waals surface area contributed by atoms with Crippen LogP contribution in [0.25, 0.3) is 0 Å². The standard InChI is InChI=1S/C19H18F3N5O4/c1-9-6-27-15(14(5-23-27)26-7-10(18(29)30)2-16(26)28)8-25(9)19(31)24-11-3-12(20)17(22)13(21)4-11/h3-5,9-10H,2,6-8H2,1H3,(H,24,31)(H,29,30)/t9-,10?/m0/s1. The summed E-state index contributed by atoms with van der Waals surface area (Å²) in [4.78, 5) is 39.0. The molecule has 4 rings (SSSR count). The largest absolute Gasteiger partial charge is 0.481 e. The monoisotopic (exact) mass is 437 g/mol. The number of hydrogen-bond acceptors (Lipinski definition) is 4. The Labute approximate surface area is 174 Å². The van der Waals surface area contributed by atoms with Gasteiger partial charge in [0, 0.05) is 30.8 Å². The van der Waals surface area contributed by atoms with E-state index in [1.165, 1.54) is 16.0 Å². The summed E-state index contributed by atoms with van der Waals surface area (Å²) in [5, 5.41) is 15.8. The van der Waals surface area contributed by atoms with Crippen LogP contribution in [0.15, 0.2) is 18.3 Å². The molecule has 1 aromatic heterocycles. The van der Waals surface area contributed by atoms with Gasteiger partial charge < -0.3 is 20.2 Å². The average Bonchev–Trinajstić information content (AvgIpc) is 3.28. The van der Waals surface area contributed by atoms with Crippen LogP contribution in [0.4, 0.5) is 29.3 Å². The maximum Gasteiger partial charge on any atom is 0.322 e. The number of rotatable bonds is 3. The molecule has 2 aromatic rings. The number of anilines is 2. The normalized spacial score (nSPS) is 20.7. The Hall–Kier alpha value is -3.57. The highest BCUT2D eigenvalue weighted by Gasteiger charge is 2.39. The van der Waals surface area contributed by atoms with E-state index >= 15 is 0 Å². The first-order valence-electron chi connectivity index (χ1n) is 9.45. The molecule has 31 heavy (non-hydrogen) atoms. The molecule has 1 aromatic carbocycles. The fraction of sp³-hybridized carbons (Fsp3) is 0.368. The van der Waals surface area contributed by atoms with E-state index in [1.807, 2.05) is 0 Å². The van der Waals surface area contributed by atoms with Crippen LogP contribution in [-0.2, 0) is 22.7 Å². The van der Waals surface area contributed by atoms with Crippen molar-refractivity contribution in [2.24, 2.45) is 5.92 Å². The molecule has 3 amide bonds. The minimum Gasteiger partial charge on any atom is -0.481 e. The first-order valence-corrected chi connectivity index (χ1v) is 9.45. The minimum absolute atomic E-state index is 0.00272. The van der Waals surface area contributed by atoms with Crippen molar-refractivity contribution >= 4 is 29.3 Å². The van der Waals surface area contributed by atoms with Gasteiger partial charge in [-0.25, -0.2) is 18.0 Å². The van der Waals surface area contributed by atoms with Crippen LogP contribution in [0.5, 0.6) is 0 Å². The van der Waals surface area contributed by atoms with Gasteiger partial charge in [0.05, 0.1) is 42.6 Å². The molecule has 0 bridgehead atoms.